The average molecular weight is 325 g/mol. The fourth-order valence-electron chi connectivity index (χ4n) is 1.66. The van der Waals surface area contributed by atoms with Crippen LogP contribution in [0.5, 0.6) is 0 Å². The molecule has 0 bridgehead atoms. The molecule has 88 valence electrons. The number of benzene rings is 1. The van der Waals surface area contributed by atoms with E-state index in [0.29, 0.717) is 23.0 Å². The maximum absolute atomic E-state index is 12.2. The maximum Gasteiger partial charge on any atom is 0.243 e. The van der Waals surface area contributed by atoms with Crippen LogP contribution in [0.3, 0.4) is 0 Å². The molecule has 1 aromatic rings. The van der Waals surface area contributed by atoms with Gasteiger partial charge < -0.3 is 0 Å². The number of nitrogens with zero attached hydrogens (tertiary/aromatic N) is 1. The van der Waals surface area contributed by atoms with E-state index in [9.17, 15) is 8.42 Å². The highest BCUT2D eigenvalue weighted by atomic mass is 79.9. The highest BCUT2D eigenvalue weighted by Gasteiger charge is 2.31. The van der Waals surface area contributed by atoms with Crippen LogP contribution in [0.2, 0.25) is 5.02 Å². The molecule has 0 aliphatic carbocycles. The van der Waals surface area contributed by atoms with Gasteiger partial charge in [-0.3, -0.25) is 0 Å². The summed E-state index contributed by atoms with van der Waals surface area (Å²) in [6, 6.07) is 6.27. The molecule has 0 N–H and O–H groups in total. The quantitative estimate of drug-likeness (QED) is 0.784. The Hall–Kier alpha value is -0.100. The lowest BCUT2D eigenvalue weighted by atomic mass is 10.4. The Balaban J connectivity index is 2.29. The van der Waals surface area contributed by atoms with E-state index in [1.165, 1.54) is 4.31 Å². The molecule has 1 unspecified atom stereocenters. The molecular weight excluding hydrogens is 314 g/mol. The highest BCUT2D eigenvalue weighted by molar-refractivity contribution is 9.09. The molecule has 0 radical (unpaired) electrons. The van der Waals surface area contributed by atoms with Crippen molar-refractivity contribution in [2.75, 3.05) is 13.1 Å². The first kappa shape index (κ1) is 12.4. The van der Waals surface area contributed by atoms with Gasteiger partial charge >= 0.3 is 0 Å². The van der Waals surface area contributed by atoms with Gasteiger partial charge in [0.1, 0.15) is 0 Å². The predicted molar refractivity (Wildman–Crippen MR) is 67.5 cm³/mol. The minimum absolute atomic E-state index is 0.259. The lowest BCUT2D eigenvalue weighted by molar-refractivity contribution is 0.478. The second-order valence-electron chi connectivity index (χ2n) is 3.70. The van der Waals surface area contributed by atoms with Crippen molar-refractivity contribution >= 4 is 37.6 Å². The average Bonchev–Trinajstić information content (AvgIpc) is 2.66. The topological polar surface area (TPSA) is 37.4 Å². The van der Waals surface area contributed by atoms with Gasteiger partial charge in [-0.2, -0.15) is 4.31 Å². The third-order valence-corrected chi connectivity index (χ3v) is 5.42. The Bertz CT molecular complexity index is 474. The summed E-state index contributed by atoms with van der Waals surface area (Å²) in [5.74, 6) is 0. The summed E-state index contributed by atoms with van der Waals surface area (Å²) in [5.41, 5.74) is 0. The van der Waals surface area contributed by atoms with Crippen molar-refractivity contribution in [3.8, 4) is 0 Å². The van der Waals surface area contributed by atoms with Gasteiger partial charge in [-0.05, 0) is 30.7 Å². The van der Waals surface area contributed by atoms with Crippen LogP contribution in [0.25, 0.3) is 0 Å². The first-order valence-electron chi connectivity index (χ1n) is 4.90. The van der Waals surface area contributed by atoms with Gasteiger partial charge in [-0.15, -0.1) is 0 Å². The van der Waals surface area contributed by atoms with Crippen LogP contribution in [0.4, 0.5) is 0 Å². The van der Waals surface area contributed by atoms with Gasteiger partial charge in [-0.25, -0.2) is 8.42 Å². The standard InChI is InChI=1S/C10H11BrClNO2S/c11-8-5-6-13(7-8)16(14,15)10-3-1-9(12)2-4-10/h1-4,8H,5-7H2. The smallest absolute Gasteiger partial charge is 0.207 e. The number of sulfonamides is 1. The Morgan fingerprint density at radius 1 is 1.31 bits per heavy atom. The molecule has 1 aliphatic heterocycles. The lowest BCUT2D eigenvalue weighted by Crippen LogP contribution is -2.28. The van der Waals surface area contributed by atoms with Crippen molar-refractivity contribution < 1.29 is 8.42 Å². The molecule has 1 saturated heterocycles. The van der Waals surface area contributed by atoms with Crippen LogP contribution >= 0.6 is 27.5 Å². The number of halogens is 2. The van der Waals surface area contributed by atoms with Gasteiger partial charge in [-0.1, -0.05) is 27.5 Å². The van der Waals surface area contributed by atoms with E-state index in [-0.39, 0.29) is 4.83 Å². The summed E-state index contributed by atoms with van der Waals surface area (Å²) in [6.45, 7) is 1.10. The molecule has 1 aliphatic rings. The number of alkyl halides is 1. The molecule has 0 spiro atoms. The third-order valence-electron chi connectivity index (χ3n) is 2.54. The van der Waals surface area contributed by atoms with Crippen molar-refractivity contribution in [2.45, 2.75) is 16.1 Å². The molecule has 1 heterocycles. The molecule has 1 atom stereocenters. The summed E-state index contributed by atoms with van der Waals surface area (Å²) < 4.78 is 25.8. The molecule has 3 nitrogen and oxygen atoms in total. The SMILES string of the molecule is O=S(=O)(c1ccc(Cl)cc1)N1CCC(Br)C1. The minimum atomic E-state index is -3.34. The van der Waals surface area contributed by atoms with E-state index in [1.54, 1.807) is 24.3 Å². The molecule has 1 fully saturated rings. The van der Waals surface area contributed by atoms with E-state index in [0.717, 1.165) is 6.42 Å². The van der Waals surface area contributed by atoms with Crippen LogP contribution in [-0.2, 0) is 10.0 Å². The van der Waals surface area contributed by atoms with Gasteiger partial charge in [0.25, 0.3) is 0 Å². The van der Waals surface area contributed by atoms with E-state index in [4.69, 9.17) is 11.6 Å². The number of rotatable bonds is 2. The summed E-state index contributed by atoms with van der Waals surface area (Å²) in [7, 11) is -3.34. The van der Waals surface area contributed by atoms with Crippen LogP contribution in [0, 0.1) is 0 Å². The molecule has 0 saturated carbocycles. The molecule has 16 heavy (non-hydrogen) atoms. The van der Waals surface area contributed by atoms with Gasteiger partial charge in [0, 0.05) is 22.9 Å². The molecule has 1 aromatic carbocycles. The van der Waals surface area contributed by atoms with E-state index in [2.05, 4.69) is 15.9 Å². The van der Waals surface area contributed by atoms with E-state index < -0.39 is 10.0 Å². The number of hydrogen-bond donors (Lipinski definition) is 0. The predicted octanol–water partition coefficient (Wildman–Crippen LogP) is 2.50. The summed E-state index contributed by atoms with van der Waals surface area (Å²) in [6.07, 6.45) is 0.854. The monoisotopic (exact) mass is 323 g/mol. The number of hydrogen-bond acceptors (Lipinski definition) is 2. The Kier molecular flexibility index (Phi) is 3.59. The fraction of sp³-hybridized carbons (Fsp3) is 0.400. The zero-order valence-corrected chi connectivity index (χ0v) is 11.6. The Morgan fingerprint density at radius 3 is 2.44 bits per heavy atom. The van der Waals surface area contributed by atoms with Gasteiger partial charge in [0.15, 0.2) is 0 Å². The minimum Gasteiger partial charge on any atom is -0.207 e. The molecular formula is C10H11BrClNO2S. The maximum atomic E-state index is 12.2. The zero-order chi connectivity index (χ0) is 11.8. The summed E-state index contributed by atoms with van der Waals surface area (Å²) in [4.78, 5) is 0.563. The molecule has 2 rings (SSSR count). The van der Waals surface area contributed by atoms with Crippen molar-refractivity contribution in [1.82, 2.24) is 4.31 Å². The lowest BCUT2D eigenvalue weighted by Gasteiger charge is -2.15. The molecule has 0 amide bonds. The molecule has 0 aromatic heterocycles. The van der Waals surface area contributed by atoms with Crippen LogP contribution in [-0.4, -0.2) is 30.6 Å². The van der Waals surface area contributed by atoms with Gasteiger partial charge in [0.05, 0.1) is 4.90 Å². The van der Waals surface area contributed by atoms with Crippen molar-refractivity contribution in [2.24, 2.45) is 0 Å². The summed E-state index contributed by atoms with van der Waals surface area (Å²) in [5, 5.41) is 0.540. The Morgan fingerprint density at radius 2 is 1.94 bits per heavy atom. The van der Waals surface area contributed by atoms with Crippen LogP contribution in [0.1, 0.15) is 6.42 Å². The van der Waals surface area contributed by atoms with Crippen molar-refractivity contribution in [1.29, 1.82) is 0 Å². The highest BCUT2D eigenvalue weighted by Crippen LogP contribution is 2.25. The first-order chi connectivity index (χ1) is 7.50. The van der Waals surface area contributed by atoms with E-state index in [1.807, 2.05) is 0 Å². The van der Waals surface area contributed by atoms with Crippen molar-refractivity contribution in [3.63, 3.8) is 0 Å². The van der Waals surface area contributed by atoms with E-state index >= 15 is 0 Å². The first-order valence-corrected chi connectivity index (χ1v) is 7.63. The Labute approximate surface area is 109 Å². The second-order valence-corrected chi connectivity index (χ2v) is 7.37. The van der Waals surface area contributed by atoms with Crippen LogP contribution < -0.4 is 0 Å². The van der Waals surface area contributed by atoms with Crippen molar-refractivity contribution in [3.05, 3.63) is 29.3 Å². The fourth-order valence-corrected chi connectivity index (χ4v) is 4.03. The zero-order valence-electron chi connectivity index (χ0n) is 8.44. The third kappa shape index (κ3) is 2.42. The normalized spacial score (nSPS) is 22.5. The van der Waals surface area contributed by atoms with Crippen LogP contribution in [0.15, 0.2) is 29.2 Å². The second kappa shape index (κ2) is 4.64. The van der Waals surface area contributed by atoms with Gasteiger partial charge in [0.2, 0.25) is 10.0 Å². The summed E-state index contributed by atoms with van der Waals surface area (Å²) >= 11 is 9.16. The largest absolute Gasteiger partial charge is 0.243 e. The molecule has 6 heteroatoms.